The van der Waals surface area contributed by atoms with Crippen molar-refractivity contribution in [2.45, 2.75) is 38.3 Å². The summed E-state index contributed by atoms with van der Waals surface area (Å²) in [7, 11) is 1.69. The van der Waals surface area contributed by atoms with E-state index in [1.807, 2.05) is 18.2 Å². The van der Waals surface area contributed by atoms with Crippen LogP contribution in [-0.4, -0.2) is 21.7 Å². The lowest BCUT2D eigenvalue weighted by atomic mass is 9.86. The van der Waals surface area contributed by atoms with E-state index in [-0.39, 0.29) is 11.7 Å². The van der Waals surface area contributed by atoms with E-state index in [4.69, 9.17) is 9.52 Å². The number of carboxylic acids is 1. The van der Waals surface area contributed by atoms with Gasteiger partial charge in [-0.3, -0.25) is 9.36 Å². The molecule has 1 aliphatic rings. The highest BCUT2D eigenvalue weighted by Gasteiger charge is 2.25. The molecule has 1 aromatic carbocycles. The number of oxazole rings is 1. The molecule has 1 aliphatic carbocycles. The van der Waals surface area contributed by atoms with E-state index in [0.717, 1.165) is 36.8 Å². The Bertz CT molecular complexity index is 738. The fraction of sp³-hybridized carbons (Fsp3) is 0.500. The molecule has 0 amide bonds. The Morgan fingerprint density at radius 2 is 2.09 bits per heavy atom. The van der Waals surface area contributed by atoms with Gasteiger partial charge < -0.3 is 14.8 Å². The molecule has 0 bridgehead atoms. The number of aromatic nitrogens is 1. The Morgan fingerprint density at radius 1 is 1.36 bits per heavy atom. The lowest BCUT2D eigenvalue weighted by molar-refractivity contribution is -0.142. The van der Waals surface area contributed by atoms with E-state index in [1.54, 1.807) is 7.05 Å². The molecule has 118 valence electrons. The number of nitrogens with zero attached hydrogens (tertiary/aromatic N) is 1. The second kappa shape index (κ2) is 5.96. The Labute approximate surface area is 127 Å². The first-order valence-corrected chi connectivity index (χ1v) is 7.59. The molecule has 22 heavy (non-hydrogen) atoms. The summed E-state index contributed by atoms with van der Waals surface area (Å²) in [6, 6.07) is 6.10. The molecule has 2 aromatic rings. The van der Waals surface area contributed by atoms with Crippen LogP contribution in [0.2, 0.25) is 0 Å². The topological polar surface area (TPSA) is 84.5 Å². The van der Waals surface area contributed by atoms with Crippen molar-refractivity contribution in [3.8, 4) is 0 Å². The highest BCUT2D eigenvalue weighted by molar-refractivity contribution is 5.73. The number of hydrogen-bond acceptors (Lipinski definition) is 4. The van der Waals surface area contributed by atoms with E-state index in [1.165, 1.54) is 4.57 Å². The molecule has 2 N–H and O–H groups in total. The van der Waals surface area contributed by atoms with E-state index >= 15 is 0 Å². The summed E-state index contributed by atoms with van der Waals surface area (Å²) >= 11 is 0. The Kier molecular flexibility index (Phi) is 4.02. The maximum atomic E-state index is 11.5. The fourth-order valence-corrected chi connectivity index (χ4v) is 3.09. The van der Waals surface area contributed by atoms with Crippen LogP contribution in [0.1, 0.15) is 31.2 Å². The predicted octanol–water partition coefficient (Wildman–Crippen LogP) is 1.86. The minimum Gasteiger partial charge on any atom is -0.481 e. The van der Waals surface area contributed by atoms with Gasteiger partial charge in [0.15, 0.2) is 5.58 Å². The van der Waals surface area contributed by atoms with Crippen molar-refractivity contribution in [1.82, 2.24) is 9.88 Å². The largest absolute Gasteiger partial charge is 0.481 e. The summed E-state index contributed by atoms with van der Waals surface area (Å²) in [6.45, 7) is 0.691. The van der Waals surface area contributed by atoms with Gasteiger partial charge in [0.2, 0.25) is 0 Å². The van der Waals surface area contributed by atoms with Gasteiger partial charge in [0, 0.05) is 19.6 Å². The van der Waals surface area contributed by atoms with Crippen LogP contribution < -0.4 is 11.1 Å². The van der Waals surface area contributed by atoms with Gasteiger partial charge in [-0.05, 0) is 43.4 Å². The normalized spacial score (nSPS) is 22.0. The third-order valence-corrected chi connectivity index (χ3v) is 4.53. The Hall–Kier alpha value is -2.08. The molecule has 0 atom stereocenters. The molecule has 0 radical (unpaired) electrons. The average Bonchev–Trinajstić information content (AvgIpc) is 2.80. The number of carboxylic acid groups (broad SMARTS) is 1. The first-order valence-electron chi connectivity index (χ1n) is 7.59. The van der Waals surface area contributed by atoms with Crippen molar-refractivity contribution >= 4 is 17.1 Å². The fourth-order valence-electron chi connectivity index (χ4n) is 3.09. The molecular weight excluding hydrogens is 284 g/mol. The van der Waals surface area contributed by atoms with Gasteiger partial charge in [0.05, 0.1) is 11.4 Å². The first kappa shape index (κ1) is 14.8. The van der Waals surface area contributed by atoms with Crippen molar-refractivity contribution in [2.24, 2.45) is 13.0 Å². The molecule has 1 heterocycles. The number of hydrogen-bond donors (Lipinski definition) is 2. The lowest BCUT2D eigenvalue weighted by Crippen LogP contribution is -2.34. The predicted molar refractivity (Wildman–Crippen MR) is 81.7 cm³/mol. The summed E-state index contributed by atoms with van der Waals surface area (Å²) in [6.07, 6.45) is 3.25. The van der Waals surface area contributed by atoms with Gasteiger partial charge in [-0.2, -0.15) is 0 Å². The molecule has 1 saturated carbocycles. The van der Waals surface area contributed by atoms with Gasteiger partial charge in [-0.25, -0.2) is 4.79 Å². The quantitative estimate of drug-likeness (QED) is 0.900. The molecule has 6 heteroatoms. The number of nitrogens with one attached hydrogen (secondary N) is 1. The summed E-state index contributed by atoms with van der Waals surface area (Å²) in [5.41, 5.74) is 2.44. The number of benzene rings is 1. The van der Waals surface area contributed by atoms with Crippen molar-refractivity contribution in [3.63, 3.8) is 0 Å². The molecule has 0 spiro atoms. The second-order valence-corrected chi connectivity index (χ2v) is 6.00. The van der Waals surface area contributed by atoms with Gasteiger partial charge in [-0.1, -0.05) is 6.07 Å². The van der Waals surface area contributed by atoms with Crippen LogP contribution in [0.15, 0.2) is 27.4 Å². The smallest absolute Gasteiger partial charge is 0.419 e. The zero-order valence-electron chi connectivity index (χ0n) is 12.5. The van der Waals surface area contributed by atoms with E-state index < -0.39 is 5.97 Å². The van der Waals surface area contributed by atoms with E-state index in [0.29, 0.717) is 18.2 Å². The number of rotatable bonds is 4. The third-order valence-electron chi connectivity index (χ3n) is 4.53. The minimum absolute atomic E-state index is 0.187. The zero-order chi connectivity index (χ0) is 15.7. The van der Waals surface area contributed by atoms with E-state index in [2.05, 4.69) is 5.32 Å². The summed E-state index contributed by atoms with van der Waals surface area (Å²) in [5, 5.41) is 12.5. The SMILES string of the molecule is Cn1c(=O)oc2cc(CNC3CCC(C(=O)O)CC3)ccc21. The van der Waals surface area contributed by atoms with Crippen LogP contribution in [0.3, 0.4) is 0 Å². The highest BCUT2D eigenvalue weighted by atomic mass is 16.4. The molecule has 0 unspecified atom stereocenters. The van der Waals surface area contributed by atoms with Gasteiger partial charge >= 0.3 is 11.7 Å². The van der Waals surface area contributed by atoms with Crippen molar-refractivity contribution < 1.29 is 14.3 Å². The standard InChI is InChI=1S/C16H20N2O4/c1-18-13-7-2-10(8-14(13)22-16(18)21)9-17-12-5-3-11(4-6-12)15(19)20/h2,7-8,11-12,17H,3-6,9H2,1H3,(H,19,20). The molecule has 3 rings (SSSR count). The molecule has 1 aromatic heterocycles. The van der Waals surface area contributed by atoms with Crippen LogP contribution in [0.4, 0.5) is 0 Å². The zero-order valence-corrected chi connectivity index (χ0v) is 12.5. The Balaban J connectivity index is 1.60. The average molecular weight is 304 g/mol. The highest BCUT2D eigenvalue weighted by Crippen LogP contribution is 2.24. The van der Waals surface area contributed by atoms with Crippen LogP contribution in [-0.2, 0) is 18.4 Å². The third kappa shape index (κ3) is 2.92. The maximum Gasteiger partial charge on any atom is 0.419 e. The van der Waals surface area contributed by atoms with Crippen LogP contribution >= 0.6 is 0 Å². The van der Waals surface area contributed by atoms with Crippen LogP contribution in [0.5, 0.6) is 0 Å². The number of aryl methyl sites for hydroxylation is 1. The van der Waals surface area contributed by atoms with Crippen molar-refractivity contribution in [1.29, 1.82) is 0 Å². The van der Waals surface area contributed by atoms with E-state index in [9.17, 15) is 9.59 Å². The molecular formula is C16H20N2O4. The molecule has 6 nitrogen and oxygen atoms in total. The van der Waals surface area contributed by atoms with Crippen molar-refractivity contribution in [2.75, 3.05) is 0 Å². The number of aliphatic carboxylic acids is 1. The van der Waals surface area contributed by atoms with Crippen LogP contribution in [0, 0.1) is 5.92 Å². The molecule has 1 fully saturated rings. The monoisotopic (exact) mass is 304 g/mol. The summed E-state index contributed by atoms with van der Waals surface area (Å²) in [4.78, 5) is 22.4. The molecule has 0 aliphatic heterocycles. The number of fused-ring (bicyclic) bond motifs is 1. The van der Waals surface area contributed by atoms with Crippen molar-refractivity contribution in [3.05, 3.63) is 34.3 Å². The van der Waals surface area contributed by atoms with Gasteiger partial charge in [-0.15, -0.1) is 0 Å². The second-order valence-electron chi connectivity index (χ2n) is 6.00. The summed E-state index contributed by atoms with van der Waals surface area (Å²) < 4.78 is 6.67. The molecule has 0 saturated heterocycles. The first-order chi connectivity index (χ1) is 10.5. The van der Waals surface area contributed by atoms with Gasteiger partial charge in [0.25, 0.3) is 0 Å². The summed E-state index contributed by atoms with van der Waals surface area (Å²) in [5.74, 6) is -1.22. The number of carbonyl (C=O) groups is 1. The lowest BCUT2D eigenvalue weighted by Gasteiger charge is -2.27. The maximum absolute atomic E-state index is 11.5. The minimum atomic E-state index is -0.678. The van der Waals surface area contributed by atoms with Crippen LogP contribution in [0.25, 0.3) is 11.1 Å². The van der Waals surface area contributed by atoms with Gasteiger partial charge in [0.1, 0.15) is 0 Å². The Morgan fingerprint density at radius 3 is 2.77 bits per heavy atom.